The number of benzene rings is 2. The number of azo groups is 1. The molecule has 1 aromatic heterocycles. The topological polar surface area (TPSA) is 82.8 Å². The Hall–Kier alpha value is -3.61. The lowest BCUT2D eigenvalue weighted by molar-refractivity contribution is -0.120. The monoisotopic (exact) mass is 386 g/mol. The predicted molar refractivity (Wildman–Crippen MR) is 113 cm³/mol. The van der Waals surface area contributed by atoms with Crippen LogP contribution < -0.4 is 10.2 Å². The van der Waals surface area contributed by atoms with Crippen LogP contribution >= 0.6 is 0 Å². The van der Waals surface area contributed by atoms with E-state index >= 15 is 0 Å². The molecule has 2 heterocycles. The van der Waals surface area contributed by atoms with Crippen molar-refractivity contribution in [3.8, 4) is 0 Å². The first-order chi connectivity index (χ1) is 14.3. The number of aromatic nitrogens is 2. The lowest BCUT2D eigenvalue weighted by Gasteiger charge is -2.31. The molecule has 3 aromatic rings. The second-order valence-electron chi connectivity index (χ2n) is 6.91. The standard InChI is InChI=1S/C22H22N6O/c29-21(17-6-4-15-28(16-17)22-23-13-5-14-24-22)25-18-9-11-20(12-10-18)27-26-19-7-2-1-3-8-19/h1-3,5,7-14,17H,4,6,15-16H2,(H,25,29). The highest BCUT2D eigenvalue weighted by Crippen LogP contribution is 2.23. The van der Waals surface area contributed by atoms with Gasteiger partial charge in [-0.1, -0.05) is 18.2 Å². The van der Waals surface area contributed by atoms with E-state index in [1.807, 2.05) is 54.6 Å². The summed E-state index contributed by atoms with van der Waals surface area (Å²) in [4.78, 5) is 23.4. The van der Waals surface area contributed by atoms with Crippen LogP contribution in [0.4, 0.5) is 23.0 Å². The molecule has 1 fully saturated rings. The van der Waals surface area contributed by atoms with Gasteiger partial charge in [0.05, 0.1) is 17.3 Å². The maximum Gasteiger partial charge on any atom is 0.229 e. The van der Waals surface area contributed by atoms with Gasteiger partial charge in [-0.2, -0.15) is 10.2 Å². The fraction of sp³-hybridized carbons (Fsp3) is 0.227. The predicted octanol–water partition coefficient (Wildman–Crippen LogP) is 4.75. The van der Waals surface area contributed by atoms with Gasteiger partial charge in [-0.05, 0) is 55.3 Å². The summed E-state index contributed by atoms with van der Waals surface area (Å²) < 4.78 is 0. The van der Waals surface area contributed by atoms with Crippen LogP contribution in [0.25, 0.3) is 0 Å². The van der Waals surface area contributed by atoms with E-state index in [0.717, 1.165) is 36.4 Å². The van der Waals surface area contributed by atoms with Crippen molar-refractivity contribution < 1.29 is 4.79 Å². The lowest BCUT2D eigenvalue weighted by atomic mass is 9.97. The van der Waals surface area contributed by atoms with E-state index in [0.29, 0.717) is 12.5 Å². The Labute approximate surface area is 169 Å². The van der Waals surface area contributed by atoms with Crippen molar-refractivity contribution in [3.63, 3.8) is 0 Å². The molecule has 146 valence electrons. The second-order valence-corrected chi connectivity index (χ2v) is 6.91. The molecule has 0 radical (unpaired) electrons. The summed E-state index contributed by atoms with van der Waals surface area (Å²) in [6.07, 6.45) is 5.25. The third-order valence-corrected chi connectivity index (χ3v) is 4.80. The van der Waals surface area contributed by atoms with Crippen LogP contribution in [0.15, 0.2) is 83.3 Å². The summed E-state index contributed by atoms with van der Waals surface area (Å²) in [6.45, 7) is 1.49. The summed E-state index contributed by atoms with van der Waals surface area (Å²) >= 11 is 0. The number of nitrogens with zero attached hydrogens (tertiary/aromatic N) is 5. The molecule has 29 heavy (non-hydrogen) atoms. The second kappa shape index (κ2) is 9.05. The van der Waals surface area contributed by atoms with Crippen molar-refractivity contribution in [2.75, 3.05) is 23.3 Å². The number of carbonyl (C=O) groups excluding carboxylic acids is 1. The van der Waals surface area contributed by atoms with Crippen LogP contribution in [0.1, 0.15) is 12.8 Å². The van der Waals surface area contributed by atoms with Crippen LogP contribution in [-0.2, 0) is 4.79 Å². The molecule has 1 N–H and O–H groups in total. The van der Waals surface area contributed by atoms with E-state index in [4.69, 9.17) is 0 Å². The number of nitrogens with one attached hydrogen (secondary N) is 1. The molecule has 7 nitrogen and oxygen atoms in total. The van der Waals surface area contributed by atoms with E-state index in [-0.39, 0.29) is 11.8 Å². The van der Waals surface area contributed by atoms with E-state index in [1.54, 1.807) is 18.5 Å². The lowest BCUT2D eigenvalue weighted by Crippen LogP contribution is -2.41. The Kier molecular flexibility index (Phi) is 5.85. The van der Waals surface area contributed by atoms with Crippen molar-refractivity contribution in [2.24, 2.45) is 16.1 Å². The first-order valence-electron chi connectivity index (χ1n) is 9.67. The number of amides is 1. The minimum Gasteiger partial charge on any atom is -0.340 e. The number of rotatable bonds is 5. The highest BCUT2D eigenvalue weighted by atomic mass is 16.1. The quantitative estimate of drug-likeness (QED) is 0.642. The van der Waals surface area contributed by atoms with Gasteiger partial charge in [-0.3, -0.25) is 4.79 Å². The average molecular weight is 386 g/mol. The number of piperidine rings is 1. The van der Waals surface area contributed by atoms with Gasteiger partial charge < -0.3 is 10.2 Å². The van der Waals surface area contributed by atoms with Gasteiger partial charge in [0.15, 0.2) is 0 Å². The van der Waals surface area contributed by atoms with Gasteiger partial charge >= 0.3 is 0 Å². The third-order valence-electron chi connectivity index (χ3n) is 4.80. The van der Waals surface area contributed by atoms with Crippen LogP contribution in [0.3, 0.4) is 0 Å². The van der Waals surface area contributed by atoms with Gasteiger partial charge in [0.1, 0.15) is 0 Å². The Bertz CT molecular complexity index is 960. The molecule has 1 unspecified atom stereocenters. The molecule has 1 amide bonds. The molecular formula is C22H22N6O. The van der Waals surface area contributed by atoms with Crippen molar-refractivity contribution in [3.05, 3.63) is 73.1 Å². The first-order valence-corrected chi connectivity index (χ1v) is 9.67. The maximum absolute atomic E-state index is 12.7. The smallest absolute Gasteiger partial charge is 0.229 e. The zero-order valence-electron chi connectivity index (χ0n) is 16.0. The molecule has 0 bridgehead atoms. The number of carbonyl (C=O) groups is 1. The molecular weight excluding hydrogens is 364 g/mol. The highest BCUT2D eigenvalue weighted by molar-refractivity contribution is 5.93. The van der Waals surface area contributed by atoms with Crippen LogP contribution in [0.2, 0.25) is 0 Å². The van der Waals surface area contributed by atoms with Gasteiger partial charge in [0, 0.05) is 31.2 Å². The van der Waals surface area contributed by atoms with Crippen molar-refractivity contribution in [1.82, 2.24) is 9.97 Å². The average Bonchev–Trinajstić information content (AvgIpc) is 2.80. The number of anilines is 2. The van der Waals surface area contributed by atoms with Crippen LogP contribution in [-0.4, -0.2) is 29.0 Å². The van der Waals surface area contributed by atoms with Crippen molar-refractivity contribution in [1.29, 1.82) is 0 Å². The minimum absolute atomic E-state index is 0.0179. The zero-order valence-corrected chi connectivity index (χ0v) is 16.0. The Morgan fingerprint density at radius 2 is 1.62 bits per heavy atom. The molecule has 0 aliphatic carbocycles. The normalized spacial score (nSPS) is 16.7. The molecule has 0 spiro atoms. The third kappa shape index (κ3) is 5.01. The van der Waals surface area contributed by atoms with E-state index < -0.39 is 0 Å². The largest absolute Gasteiger partial charge is 0.340 e. The Morgan fingerprint density at radius 3 is 2.34 bits per heavy atom. The summed E-state index contributed by atoms with van der Waals surface area (Å²) in [7, 11) is 0. The SMILES string of the molecule is O=C(Nc1ccc(N=Nc2ccccc2)cc1)C1CCCN(c2ncccn2)C1. The molecule has 4 rings (SSSR count). The molecule has 0 saturated carbocycles. The fourth-order valence-electron chi connectivity index (χ4n) is 3.29. The molecule has 7 heteroatoms. The van der Waals surface area contributed by atoms with Gasteiger partial charge in [-0.15, -0.1) is 0 Å². The number of hydrogen-bond acceptors (Lipinski definition) is 6. The van der Waals surface area contributed by atoms with Crippen LogP contribution in [0, 0.1) is 5.92 Å². The van der Waals surface area contributed by atoms with Crippen molar-refractivity contribution >= 4 is 28.9 Å². The van der Waals surface area contributed by atoms with Crippen molar-refractivity contribution in [2.45, 2.75) is 12.8 Å². The van der Waals surface area contributed by atoms with Crippen LogP contribution in [0.5, 0.6) is 0 Å². The Balaban J connectivity index is 1.35. The summed E-state index contributed by atoms with van der Waals surface area (Å²) in [5, 5.41) is 11.4. The molecule has 1 saturated heterocycles. The Morgan fingerprint density at radius 1 is 0.931 bits per heavy atom. The van der Waals surface area contributed by atoms with Gasteiger partial charge in [0.25, 0.3) is 0 Å². The fourth-order valence-corrected chi connectivity index (χ4v) is 3.29. The molecule has 1 aliphatic heterocycles. The zero-order chi connectivity index (χ0) is 19.9. The summed E-state index contributed by atoms with van der Waals surface area (Å²) in [6, 6.07) is 18.7. The molecule has 1 aliphatic rings. The molecule has 1 atom stereocenters. The number of hydrogen-bond donors (Lipinski definition) is 1. The minimum atomic E-state index is -0.0926. The van der Waals surface area contributed by atoms with Gasteiger partial charge in [-0.25, -0.2) is 9.97 Å². The van der Waals surface area contributed by atoms with E-state index in [1.165, 1.54) is 0 Å². The van der Waals surface area contributed by atoms with E-state index in [2.05, 4.69) is 30.4 Å². The van der Waals surface area contributed by atoms with E-state index in [9.17, 15) is 4.79 Å². The summed E-state index contributed by atoms with van der Waals surface area (Å²) in [5.41, 5.74) is 2.28. The van der Waals surface area contributed by atoms with Gasteiger partial charge in [0.2, 0.25) is 11.9 Å². The summed E-state index contributed by atoms with van der Waals surface area (Å²) in [5.74, 6) is 0.604. The first kappa shape index (κ1) is 18.7. The maximum atomic E-state index is 12.7. The highest BCUT2D eigenvalue weighted by Gasteiger charge is 2.27. The molecule has 2 aromatic carbocycles.